The molecule has 0 fully saturated rings. The van der Waals surface area contributed by atoms with Gasteiger partial charge in [0.25, 0.3) is 5.91 Å². The van der Waals surface area contributed by atoms with Gasteiger partial charge in [-0.05, 0) is 34.5 Å². The predicted octanol–water partition coefficient (Wildman–Crippen LogP) is 2.92. The number of hydrogen-bond donors (Lipinski definition) is 1. The zero-order valence-electron chi connectivity index (χ0n) is 7.81. The van der Waals surface area contributed by atoms with E-state index in [2.05, 4.69) is 43.8 Å². The fourth-order valence-electron chi connectivity index (χ4n) is 1.08. The molecule has 0 aliphatic rings. The summed E-state index contributed by atoms with van der Waals surface area (Å²) in [4.78, 5) is 11.6. The number of amides is 1. The molecule has 1 aromatic rings. The van der Waals surface area contributed by atoms with Crippen molar-refractivity contribution >= 4 is 44.4 Å². The lowest BCUT2D eigenvalue weighted by atomic mass is 10.1. The van der Waals surface area contributed by atoms with Crippen LogP contribution in [0.2, 0.25) is 0 Å². The van der Waals surface area contributed by atoms with Gasteiger partial charge in [-0.15, -0.1) is 0 Å². The minimum atomic E-state index is -0.0164. The number of hydrogen-bond acceptors (Lipinski definition) is 1. The van der Waals surface area contributed by atoms with Crippen molar-refractivity contribution in [2.45, 2.75) is 6.92 Å². The Kier molecular flexibility index (Phi) is 4.88. The summed E-state index contributed by atoms with van der Waals surface area (Å²) in [6.07, 6.45) is 0. The summed E-state index contributed by atoms with van der Waals surface area (Å²) in [6.45, 7) is 2.68. The standard InChI is InChI=1S/C10H11BrINO/c1-7-3-2-4-8(9(7)11)10(14)13-6-5-12/h2-4H,5-6H2,1H3,(H,13,14). The van der Waals surface area contributed by atoms with Crippen molar-refractivity contribution in [3.8, 4) is 0 Å². The molecule has 1 aromatic carbocycles. The Morgan fingerprint density at radius 2 is 2.29 bits per heavy atom. The minimum absolute atomic E-state index is 0.0164. The third-order valence-electron chi connectivity index (χ3n) is 1.82. The summed E-state index contributed by atoms with van der Waals surface area (Å²) in [6, 6.07) is 5.68. The average Bonchev–Trinajstić information content (AvgIpc) is 2.18. The van der Waals surface area contributed by atoms with Gasteiger partial charge in [0.1, 0.15) is 0 Å². The molecular weight excluding hydrogens is 357 g/mol. The molecule has 14 heavy (non-hydrogen) atoms. The lowest BCUT2D eigenvalue weighted by Crippen LogP contribution is -2.25. The monoisotopic (exact) mass is 367 g/mol. The van der Waals surface area contributed by atoms with Gasteiger partial charge in [-0.3, -0.25) is 4.79 Å². The third-order valence-corrected chi connectivity index (χ3v) is 3.41. The van der Waals surface area contributed by atoms with Crippen molar-refractivity contribution in [2.24, 2.45) is 0 Å². The maximum absolute atomic E-state index is 11.6. The van der Waals surface area contributed by atoms with Gasteiger partial charge in [0.05, 0.1) is 5.56 Å². The number of alkyl halides is 1. The molecule has 0 atom stereocenters. The molecule has 0 saturated carbocycles. The Bertz CT molecular complexity index is 341. The van der Waals surface area contributed by atoms with Crippen LogP contribution in [0, 0.1) is 6.92 Å². The van der Waals surface area contributed by atoms with E-state index < -0.39 is 0 Å². The molecule has 76 valence electrons. The summed E-state index contributed by atoms with van der Waals surface area (Å²) in [5.74, 6) is -0.0164. The van der Waals surface area contributed by atoms with Crippen molar-refractivity contribution in [1.82, 2.24) is 5.32 Å². The third kappa shape index (κ3) is 2.95. The highest BCUT2D eigenvalue weighted by Crippen LogP contribution is 2.20. The van der Waals surface area contributed by atoms with Crippen molar-refractivity contribution in [3.05, 3.63) is 33.8 Å². The zero-order chi connectivity index (χ0) is 10.6. The fourth-order valence-corrected chi connectivity index (χ4v) is 1.79. The second-order valence-corrected chi connectivity index (χ2v) is 4.75. The highest BCUT2D eigenvalue weighted by Gasteiger charge is 2.09. The molecule has 4 heteroatoms. The molecule has 0 heterocycles. The van der Waals surface area contributed by atoms with E-state index in [0.29, 0.717) is 12.1 Å². The quantitative estimate of drug-likeness (QED) is 0.646. The Morgan fingerprint density at radius 3 is 2.93 bits per heavy atom. The molecule has 2 nitrogen and oxygen atoms in total. The molecular formula is C10H11BrINO. The van der Waals surface area contributed by atoms with Gasteiger partial charge >= 0.3 is 0 Å². The Hall–Kier alpha value is -0.100. The first-order valence-corrected chi connectivity index (χ1v) is 6.58. The summed E-state index contributed by atoms with van der Waals surface area (Å²) >= 11 is 5.64. The fraction of sp³-hybridized carbons (Fsp3) is 0.300. The zero-order valence-corrected chi connectivity index (χ0v) is 11.6. The van der Waals surface area contributed by atoms with E-state index in [9.17, 15) is 4.79 Å². The molecule has 0 bridgehead atoms. The van der Waals surface area contributed by atoms with E-state index in [1.807, 2.05) is 25.1 Å². The Labute approximate surface area is 106 Å². The van der Waals surface area contributed by atoms with Gasteiger partial charge in [0, 0.05) is 15.4 Å². The number of halogens is 2. The molecule has 0 aliphatic carbocycles. The van der Waals surface area contributed by atoms with Crippen LogP contribution in [0.25, 0.3) is 0 Å². The van der Waals surface area contributed by atoms with Gasteiger partial charge in [0.2, 0.25) is 0 Å². The molecule has 1 amide bonds. The van der Waals surface area contributed by atoms with Gasteiger partial charge in [-0.1, -0.05) is 34.7 Å². The van der Waals surface area contributed by atoms with Crippen LogP contribution in [-0.2, 0) is 0 Å². The summed E-state index contributed by atoms with van der Waals surface area (Å²) in [5.41, 5.74) is 1.78. The van der Waals surface area contributed by atoms with Crippen molar-refractivity contribution < 1.29 is 4.79 Å². The number of rotatable bonds is 3. The molecule has 0 aliphatic heterocycles. The number of nitrogens with one attached hydrogen (secondary N) is 1. The molecule has 0 unspecified atom stereocenters. The molecule has 1 rings (SSSR count). The summed E-state index contributed by atoms with van der Waals surface area (Å²) in [5, 5.41) is 2.84. The normalized spacial score (nSPS) is 9.93. The van der Waals surface area contributed by atoms with Gasteiger partial charge in [-0.2, -0.15) is 0 Å². The molecule has 0 saturated heterocycles. The molecule has 0 spiro atoms. The lowest BCUT2D eigenvalue weighted by molar-refractivity contribution is 0.0955. The summed E-state index contributed by atoms with van der Waals surface area (Å²) in [7, 11) is 0. The van der Waals surface area contributed by atoms with Gasteiger partial charge < -0.3 is 5.32 Å². The highest BCUT2D eigenvalue weighted by atomic mass is 127. The molecule has 0 radical (unpaired) electrons. The Balaban J connectivity index is 2.84. The van der Waals surface area contributed by atoms with E-state index in [0.717, 1.165) is 14.5 Å². The van der Waals surface area contributed by atoms with E-state index in [-0.39, 0.29) is 5.91 Å². The Morgan fingerprint density at radius 1 is 1.57 bits per heavy atom. The van der Waals surface area contributed by atoms with Crippen LogP contribution >= 0.6 is 38.5 Å². The van der Waals surface area contributed by atoms with Crippen LogP contribution < -0.4 is 5.32 Å². The van der Waals surface area contributed by atoms with Crippen LogP contribution in [0.4, 0.5) is 0 Å². The van der Waals surface area contributed by atoms with E-state index in [4.69, 9.17) is 0 Å². The molecule has 1 N–H and O–H groups in total. The smallest absolute Gasteiger partial charge is 0.252 e. The first kappa shape index (κ1) is 12.0. The number of carbonyl (C=O) groups excluding carboxylic acids is 1. The van der Waals surface area contributed by atoms with E-state index >= 15 is 0 Å². The van der Waals surface area contributed by atoms with Crippen LogP contribution in [-0.4, -0.2) is 16.9 Å². The highest BCUT2D eigenvalue weighted by molar-refractivity contribution is 14.1. The number of benzene rings is 1. The lowest BCUT2D eigenvalue weighted by Gasteiger charge is -2.06. The van der Waals surface area contributed by atoms with Crippen LogP contribution in [0.3, 0.4) is 0 Å². The average molecular weight is 368 g/mol. The van der Waals surface area contributed by atoms with Crippen LogP contribution in [0.1, 0.15) is 15.9 Å². The number of carbonyl (C=O) groups is 1. The SMILES string of the molecule is Cc1cccc(C(=O)NCCI)c1Br. The van der Waals surface area contributed by atoms with Gasteiger partial charge in [0.15, 0.2) is 0 Å². The first-order chi connectivity index (χ1) is 6.66. The minimum Gasteiger partial charge on any atom is -0.351 e. The van der Waals surface area contributed by atoms with Gasteiger partial charge in [-0.25, -0.2) is 0 Å². The van der Waals surface area contributed by atoms with Crippen LogP contribution in [0.15, 0.2) is 22.7 Å². The maximum Gasteiger partial charge on any atom is 0.252 e. The predicted molar refractivity (Wildman–Crippen MR) is 70.1 cm³/mol. The topological polar surface area (TPSA) is 29.1 Å². The maximum atomic E-state index is 11.6. The van der Waals surface area contributed by atoms with E-state index in [1.165, 1.54) is 0 Å². The second-order valence-electron chi connectivity index (χ2n) is 2.88. The number of aryl methyl sites for hydroxylation is 1. The largest absolute Gasteiger partial charge is 0.351 e. The molecule has 0 aromatic heterocycles. The van der Waals surface area contributed by atoms with E-state index in [1.54, 1.807) is 0 Å². The van der Waals surface area contributed by atoms with Crippen LogP contribution in [0.5, 0.6) is 0 Å². The summed E-state index contributed by atoms with van der Waals surface area (Å²) < 4.78 is 1.80. The second kappa shape index (κ2) is 5.70. The van der Waals surface area contributed by atoms with Crippen molar-refractivity contribution in [2.75, 3.05) is 11.0 Å². The van der Waals surface area contributed by atoms with Crippen molar-refractivity contribution in [3.63, 3.8) is 0 Å². The first-order valence-electron chi connectivity index (χ1n) is 4.26. The van der Waals surface area contributed by atoms with Crippen molar-refractivity contribution in [1.29, 1.82) is 0 Å².